The van der Waals surface area contributed by atoms with Crippen LogP contribution in [0.25, 0.3) is 0 Å². The summed E-state index contributed by atoms with van der Waals surface area (Å²) < 4.78 is 0. The third-order valence-electron chi connectivity index (χ3n) is 4.38. The summed E-state index contributed by atoms with van der Waals surface area (Å²) in [6.07, 6.45) is 0. The van der Waals surface area contributed by atoms with Crippen LogP contribution >= 0.6 is 0 Å². The first-order valence-electron chi connectivity index (χ1n) is 10.1. The summed E-state index contributed by atoms with van der Waals surface area (Å²) in [4.78, 5) is 0. The smallest absolute Gasteiger partial charge is 0.507 e. The van der Waals surface area contributed by atoms with E-state index in [0.29, 0.717) is 11.5 Å². The molecule has 3 heteroatoms. The second-order valence-electron chi connectivity index (χ2n) is 7.42. The van der Waals surface area contributed by atoms with Crippen LogP contribution in [-0.2, 0) is 26.2 Å². The molecule has 0 radical (unpaired) electrons. The molecular formula is C28H34O2Zr. The molecule has 0 bridgehead atoms. The fraction of sp³-hybridized carbons (Fsp3) is 0.214. The van der Waals surface area contributed by atoms with Crippen molar-refractivity contribution in [3.63, 3.8) is 0 Å². The van der Waals surface area contributed by atoms with Gasteiger partial charge in [-0.3, -0.25) is 0 Å². The van der Waals surface area contributed by atoms with Gasteiger partial charge in [0.25, 0.3) is 0 Å². The van der Waals surface area contributed by atoms with Gasteiger partial charge in [-0.2, -0.15) is 36.4 Å². The Morgan fingerprint density at radius 2 is 0.710 bits per heavy atom. The molecule has 0 unspecified atom stereocenters. The van der Waals surface area contributed by atoms with Crippen LogP contribution in [0, 0.1) is 41.5 Å². The molecule has 0 heterocycles. The summed E-state index contributed by atoms with van der Waals surface area (Å²) >= 11 is 0. The Balaban J connectivity index is 0.000000401. The van der Waals surface area contributed by atoms with E-state index in [1.54, 1.807) is 0 Å². The summed E-state index contributed by atoms with van der Waals surface area (Å²) in [6, 6.07) is 27.9. The van der Waals surface area contributed by atoms with E-state index in [1.165, 1.54) is 11.1 Å². The zero-order valence-corrected chi connectivity index (χ0v) is 21.9. The standard InChI is InChI=1S/2C9H12O.2C5H5.Zr/c2*1-6-4-7(2)9(10)8(3)5-6;2*1-2-4-5-3-1;/h2*4-5,10H,1-3H3;2*1-5H;/q;;2*-1;+2. The van der Waals surface area contributed by atoms with E-state index in [1.807, 2.05) is 126 Å². The predicted molar refractivity (Wildman–Crippen MR) is 129 cm³/mol. The molecule has 0 spiro atoms. The molecule has 4 aromatic rings. The van der Waals surface area contributed by atoms with Crippen molar-refractivity contribution >= 4 is 0 Å². The Labute approximate surface area is 207 Å². The third kappa shape index (κ3) is 11.6. The van der Waals surface area contributed by atoms with Crippen molar-refractivity contribution in [1.82, 2.24) is 0 Å². The molecule has 0 aliphatic carbocycles. The third-order valence-corrected chi connectivity index (χ3v) is 4.38. The van der Waals surface area contributed by atoms with Gasteiger partial charge in [0.15, 0.2) is 0 Å². The summed E-state index contributed by atoms with van der Waals surface area (Å²) in [5.74, 6) is 0.844. The number of rotatable bonds is 0. The van der Waals surface area contributed by atoms with Crippen LogP contribution in [0.5, 0.6) is 11.5 Å². The van der Waals surface area contributed by atoms with E-state index in [0.717, 1.165) is 22.3 Å². The molecule has 0 amide bonds. The van der Waals surface area contributed by atoms with Crippen molar-refractivity contribution in [2.45, 2.75) is 41.5 Å². The normalized spacial score (nSPS) is 8.97. The van der Waals surface area contributed by atoms with Crippen molar-refractivity contribution in [2.75, 3.05) is 0 Å². The Morgan fingerprint density at radius 3 is 0.871 bits per heavy atom. The molecule has 0 fully saturated rings. The van der Waals surface area contributed by atoms with Crippen LogP contribution in [0.2, 0.25) is 0 Å². The van der Waals surface area contributed by atoms with Crippen molar-refractivity contribution in [1.29, 1.82) is 0 Å². The summed E-state index contributed by atoms with van der Waals surface area (Å²) in [5, 5.41) is 18.7. The zero-order valence-electron chi connectivity index (χ0n) is 19.5. The number of phenols is 2. The van der Waals surface area contributed by atoms with Crippen LogP contribution in [0.1, 0.15) is 33.4 Å². The molecule has 0 saturated heterocycles. The van der Waals surface area contributed by atoms with Gasteiger partial charge in [-0.05, 0) is 63.8 Å². The van der Waals surface area contributed by atoms with Crippen molar-refractivity contribution in [3.8, 4) is 11.5 Å². The second-order valence-corrected chi connectivity index (χ2v) is 7.42. The fourth-order valence-corrected chi connectivity index (χ4v) is 2.99. The van der Waals surface area contributed by atoms with Gasteiger partial charge in [0.05, 0.1) is 0 Å². The Hall–Kier alpha value is -2.38. The van der Waals surface area contributed by atoms with Gasteiger partial charge < -0.3 is 10.2 Å². The predicted octanol–water partition coefficient (Wildman–Crippen LogP) is 7.44. The number of hydrogen-bond donors (Lipinski definition) is 2. The largest absolute Gasteiger partial charge is 2.00 e. The van der Waals surface area contributed by atoms with Gasteiger partial charge in [0, 0.05) is 0 Å². The summed E-state index contributed by atoms with van der Waals surface area (Å²) in [6.45, 7) is 11.7. The summed E-state index contributed by atoms with van der Waals surface area (Å²) in [5.41, 5.74) is 6.23. The van der Waals surface area contributed by atoms with Gasteiger partial charge in [0.1, 0.15) is 11.5 Å². The van der Waals surface area contributed by atoms with Crippen molar-refractivity contribution in [2.24, 2.45) is 0 Å². The molecule has 2 nitrogen and oxygen atoms in total. The van der Waals surface area contributed by atoms with Crippen molar-refractivity contribution < 1.29 is 36.4 Å². The molecule has 0 saturated carbocycles. The minimum Gasteiger partial charge on any atom is -0.507 e. The average molecular weight is 494 g/mol. The molecule has 0 atom stereocenters. The molecule has 0 aliphatic rings. The Morgan fingerprint density at radius 1 is 0.484 bits per heavy atom. The zero-order chi connectivity index (χ0) is 22.5. The minimum absolute atomic E-state index is 0. The van der Waals surface area contributed by atoms with E-state index < -0.39 is 0 Å². The molecule has 0 aliphatic heterocycles. The van der Waals surface area contributed by atoms with Gasteiger partial charge in [-0.25, -0.2) is 24.3 Å². The number of phenolic OH excluding ortho intramolecular Hbond substituents is 2. The molecule has 0 aromatic heterocycles. The topological polar surface area (TPSA) is 40.5 Å². The van der Waals surface area contributed by atoms with E-state index in [4.69, 9.17) is 0 Å². The first-order chi connectivity index (χ1) is 14.2. The van der Waals surface area contributed by atoms with Gasteiger partial charge >= 0.3 is 26.2 Å². The van der Waals surface area contributed by atoms with Gasteiger partial charge in [-0.1, -0.05) is 35.4 Å². The van der Waals surface area contributed by atoms with Crippen LogP contribution < -0.4 is 0 Å². The fourth-order valence-electron chi connectivity index (χ4n) is 2.99. The maximum Gasteiger partial charge on any atom is 2.00 e. The Bertz CT molecular complexity index is 806. The average Bonchev–Trinajstić information content (AvgIpc) is 3.43. The van der Waals surface area contributed by atoms with E-state index in [2.05, 4.69) is 0 Å². The van der Waals surface area contributed by atoms with E-state index in [9.17, 15) is 10.2 Å². The second kappa shape index (κ2) is 15.4. The number of aryl methyl sites for hydroxylation is 6. The minimum atomic E-state index is 0. The number of benzene rings is 2. The molecule has 4 rings (SSSR count). The van der Waals surface area contributed by atoms with Crippen molar-refractivity contribution in [3.05, 3.63) is 118 Å². The molecule has 162 valence electrons. The number of hydrogen-bond acceptors (Lipinski definition) is 2. The maximum absolute atomic E-state index is 9.33. The quantitative estimate of drug-likeness (QED) is 0.250. The first kappa shape index (κ1) is 28.6. The Kier molecular flexibility index (Phi) is 14.2. The van der Waals surface area contributed by atoms with Crippen LogP contribution in [-0.4, -0.2) is 10.2 Å². The van der Waals surface area contributed by atoms with Crippen LogP contribution in [0.15, 0.2) is 84.9 Å². The molecule has 4 aromatic carbocycles. The number of aromatic hydroxyl groups is 2. The maximum atomic E-state index is 9.33. The van der Waals surface area contributed by atoms with Gasteiger partial charge in [0.2, 0.25) is 0 Å². The molecule has 31 heavy (non-hydrogen) atoms. The van der Waals surface area contributed by atoms with E-state index in [-0.39, 0.29) is 26.2 Å². The van der Waals surface area contributed by atoms with Crippen LogP contribution in [0.4, 0.5) is 0 Å². The monoisotopic (exact) mass is 492 g/mol. The molecular weight excluding hydrogens is 460 g/mol. The first-order valence-corrected chi connectivity index (χ1v) is 10.1. The molecule has 2 N–H and O–H groups in total. The SMILES string of the molecule is Cc1cc(C)c(O)c(C)c1.Cc1cc(C)c(O)c(C)c1.[Zr+2].c1cc[cH-]c1.c1cc[cH-]c1. The summed E-state index contributed by atoms with van der Waals surface area (Å²) in [7, 11) is 0. The van der Waals surface area contributed by atoms with Gasteiger partial charge in [-0.15, -0.1) is 0 Å². The van der Waals surface area contributed by atoms with E-state index >= 15 is 0 Å². The van der Waals surface area contributed by atoms with Crippen LogP contribution in [0.3, 0.4) is 0 Å².